The third-order valence-corrected chi connectivity index (χ3v) is 3.68. The highest BCUT2D eigenvalue weighted by Gasteiger charge is 2.44. The molecule has 1 aromatic heterocycles. The van der Waals surface area contributed by atoms with Gasteiger partial charge in [-0.2, -0.15) is 0 Å². The van der Waals surface area contributed by atoms with Gasteiger partial charge in [-0.25, -0.2) is 4.79 Å². The predicted octanol–water partition coefficient (Wildman–Crippen LogP) is -2.07. The molecule has 4 N–H and O–H groups in total. The molecule has 1 aliphatic rings. The molecule has 0 spiro atoms. The largest absolute Gasteiger partial charge is 0.394 e. The molecule has 4 atom stereocenters. The summed E-state index contributed by atoms with van der Waals surface area (Å²) < 4.78 is 6.55. The highest BCUT2D eigenvalue weighted by molar-refractivity contribution is 5.75. The Morgan fingerprint density at radius 3 is 2.82 bits per heavy atom. The number of amides is 1. The highest BCUT2D eigenvalue weighted by Crippen LogP contribution is 2.32. The Hall–Kier alpha value is -1.97. The molecule has 0 aromatic carbocycles. The summed E-state index contributed by atoms with van der Waals surface area (Å²) in [5, 5.41) is 22.3. The van der Waals surface area contributed by atoms with Crippen LogP contribution in [-0.2, 0) is 9.53 Å². The van der Waals surface area contributed by atoms with E-state index in [2.05, 4.69) is 10.3 Å². The van der Waals surface area contributed by atoms with Crippen molar-refractivity contribution in [2.75, 3.05) is 13.2 Å². The second kappa shape index (κ2) is 6.86. The molecule has 9 heteroatoms. The van der Waals surface area contributed by atoms with Crippen LogP contribution in [0.15, 0.2) is 21.9 Å². The third-order valence-electron chi connectivity index (χ3n) is 3.68. The van der Waals surface area contributed by atoms with E-state index in [1.807, 2.05) is 0 Å². The number of nitrogens with one attached hydrogen (secondary N) is 2. The van der Waals surface area contributed by atoms with E-state index in [0.717, 1.165) is 10.6 Å². The Bertz CT molecular complexity index is 639. The van der Waals surface area contributed by atoms with Crippen LogP contribution in [0.1, 0.15) is 19.6 Å². The van der Waals surface area contributed by atoms with Gasteiger partial charge in [0.05, 0.1) is 12.7 Å². The number of carbonyl (C=O) groups excluding carboxylic acids is 1. The summed E-state index contributed by atoms with van der Waals surface area (Å²) in [6.45, 7) is 1.45. The molecule has 0 unspecified atom stereocenters. The van der Waals surface area contributed by atoms with Gasteiger partial charge in [0.1, 0.15) is 6.10 Å². The number of H-pyrrole nitrogens is 1. The Morgan fingerprint density at radius 2 is 2.23 bits per heavy atom. The number of carbonyl (C=O) groups is 1. The third kappa shape index (κ3) is 3.26. The first-order chi connectivity index (χ1) is 10.5. The fraction of sp³-hybridized carbons (Fsp3) is 0.615. The van der Waals surface area contributed by atoms with Crippen molar-refractivity contribution < 1.29 is 19.7 Å². The molecule has 22 heavy (non-hydrogen) atoms. The van der Waals surface area contributed by atoms with Crippen molar-refractivity contribution in [1.82, 2.24) is 14.9 Å². The summed E-state index contributed by atoms with van der Waals surface area (Å²) in [5.41, 5.74) is -1.27. The van der Waals surface area contributed by atoms with Crippen molar-refractivity contribution in [3.63, 3.8) is 0 Å². The van der Waals surface area contributed by atoms with E-state index in [1.165, 1.54) is 6.20 Å². The van der Waals surface area contributed by atoms with Crippen molar-refractivity contribution in [2.45, 2.75) is 31.8 Å². The van der Waals surface area contributed by atoms with Gasteiger partial charge in [0, 0.05) is 31.1 Å². The zero-order valence-electron chi connectivity index (χ0n) is 12.1. The second-order valence-corrected chi connectivity index (χ2v) is 5.08. The molecule has 0 radical (unpaired) electrons. The van der Waals surface area contributed by atoms with Gasteiger partial charge in [-0.1, -0.05) is 6.92 Å². The van der Waals surface area contributed by atoms with Crippen LogP contribution in [0.25, 0.3) is 0 Å². The van der Waals surface area contributed by atoms with E-state index in [1.54, 1.807) is 6.92 Å². The lowest BCUT2D eigenvalue weighted by Crippen LogP contribution is -2.40. The van der Waals surface area contributed by atoms with E-state index >= 15 is 0 Å². The molecule has 1 saturated heterocycles. The van der Waals surface area contributed by atoms with E-state index in [-0.39, 0.29) is 19.1 Å². The number of nitrogens with zero attached hydrogens (tertiary/aromatic N) is 1. The summed E-state index contributed by atoms with van der Waals surface area (Å²) in [6, 6.07) is 1.14. The van der Waals surface area contributed by atoms with Crippen LogP contribution < -0.4 is 16.6 Å². The second-order valence-electron chi connectivity index (χ2n) is 5.08. The highest BCUT2D eigenvalue weighted by atomic mass is 16.5. The SMILES string of the molecule is CCC(=O)NC[C@H]1[C@@H](O)[C@H](n2ccc(=O)[nH]c2=O)O[C@@H]1CO. The number of aliphatic hydroxyl groups excluding tert-OH is 2. The minimum Gasteiger partial charge on any atom is -0.394 e. The van der Waals surface area contributed by atoms with Crippen LogP contribution >= 0.6 is 0 Å². The van der Waals surface area contributed by atoms with Gasteiger partial charge in [-0.05, 0) is 0 Å². The molecule has 2 heterocycles. The van der Waals surface area contributed by atoms with Gasteiger partial charge in [0.15, 0.2) is 6.23 Å². The topological polar surface area (TPSA) is 134 Å². The first kappa shape index (κ1) is 16.4. The number of aliphatic hydroxyl groups is 2. The summed E-state index contributed by atoms with van der Waals surface area (Å²) in [7, 11) is 0. The van der Waals surface area contributed by atoms with Gasteiger partial charge in [0.25, 0.3) is 5.56 Å². The maximum absolute atomic E-state index is 11.8. The molecule has 1 aromatic rings. The van der Waals surface area contributed by atoms with Crippen molar-refractivity contribution in [2.24, 2.45) is 5.92 Å². The minimum absolute atomic E-state index is 0.119. The standard InChI is InChI=1S/C13H19N3O6/c1-2-9(18)14-5-7-8(6-17)22-12(11(7)20)16-4-3-10(19)15-13(16)21/h3-4,7-8,11-12,17,20H,2,5-6H2,1H3,(H,14,18)(H,15,19,21)/t7-,8-,11-,12-/m1/s1. The van der Waals surface area contributed by atoms with Gasteiger partial charge >= 0.3 is 5.69 Å². The molecule has 1 amide bonds. The maximum Gasteiger partial charge on any atom is 0.330 e. The fourth-order valence-electron chi connectivity index (χ4n) is 2.44. The minimum atomic E-state index is -1.11. The number of aromatic nitrogens is 2. The molecule has 2 rings (SSSR count). The summed E-state index contributed by atoms with van der Waals surface area (Å²) >= 11 is 0. The maximum atomic E-state index is 11.8. The normalized spacial score (nSPS) is 27.8. The Balaban J connectivity index is 2.19. The van der Waals surface area contributed by atoms with Crippen LogP contribution in [0.4, 0.5) is 0 Å². The molecular weight excluding hydrogens is 294 g/mol. The Morgan fingerprint density at radius 1 is 1.50 bits per heavy atom. The molecule has 0 bridgehead atoms. The first-order valence-electron chi connectivity index (χ1n) is 7.00. The number of hydrogen-bond donors (Lipinski definition) is 4. The van der Waals surface area contributed by atoms with Crippen molar-refractivity contribution in [3.8, 4) is 0 Å². The monoisotopic (exact) mass is 313 g/mol. The number of rotatable bonds is 5. The molecular formula is C13H19N3O6. The van der Waals surface area contributed by atoms with E-state index in [4.69, 9.17) is 4.74 Å². The van der Waals surface area contributed by atoms with Crippen molar-refractivity contribution in [1.29, 1.82) is 0 Å². The van der Waals surface area contributed by atoms with Gasteiger partial charge in [0.2, 0.25) is 5.91 Å². The number of aromatic amines is 1. The first-order valence-corrected chi connectivity index (χ1v) is 7.00. The van der Waals surface area contributed by atoms with Gasteiger partial charge < -0.3 is 20.3 Å². The Kier molecular flexibility index (Phi) is 5.11. The van der Waals surface area contributed by atoms with Crippen molar-refractivity contribution >= 4 is 5.91 Å². The Labute approximate surface area is 125 Å². The summed E-state index contributed by atoms with van der Waals surface area (Å²) in [6.07, 6.45) is -1.36. The molecule has 1 fully saturated rings. The summed E-state index contributed by atoms with van der Waals surface area (Å²) in [4.78, 5) is 36.2. The van der Waals surface area contributed by atoms with Crippen molar-refractivity contribution in [3.05, 3.63) is 33.1 Å². The molecule has 122 valence electrons. The molecule has 0 aliphatic carbocycles. The van der Waals surface area contributed by atoms with E-state index in [0.29, 0.717) is 6.42 Å². The zero-order chi connectivity index (χ0) is 16.3. The predicted molar refractivity (Wildman–Crippen MR) is 75.1 cm³/mol. The molecule has 0 saturated carbocycles. The van der Waals surface area contributed by atoms with Crippen LogP contribution in [0.3, 0.4) is 0 Å². The lowest BCUT2D eigenvalue weighted by Gasteiger charge is -2.19. The number of hydrogen-bond acceptors (Lipinski definition) is 6. The average molecular weight is 313 g/mol. The van der Waals surface area contributed by atoms with Crippen LogP contribution in [-0.4, -0.2) is 51.0 Å². The van der Waals surface area contributed by atoms with Gasteiger partial charge in [-0.3, -0.25) is 19.1 Å². The van der Waals surface area contributed by atoms with Crippen LogP contribution in [0, 0.1) is 5.92 Å². The lowest BCUT2D eigenvalue weighted by atomic mass is 9.98. The van der Waals surface area contributed by atoms with E-state index in [9.17, 15) is 24.6 Å². The lowest BCUT2D eigenvalue weighted by molar-refractivity contribution is -0.121. The quantitative estimate of drug-likeness (QED) is 0.493. The van der Waals surface area contributed by atoms with E-state index < -0.39 is 35.6 Å². The van der Waals surface area contributed by atoms with Crippen LogP contribution in [0.2, 0.25) is 0 Å². The zero-order valence-corrected chi connectivity index (χ0v) is 12.1. The molecule has 1 aliphatic heterocycles. The average Bonchev–Trinajstić information content (AvgIpc) is 2.81. The smallest absolute Gasteiger partial charge is 0.330 e. The van der Waals surface area contributed by atoms with Crippen LogP contribution in [0.5, 0.6) is 0 Å². The fourth-order valence-corrected chi connectivity index (χ4v) is 2.44. The molecule has 9 nitrogen and oxygen atoms in total. The number of ether oxygens (including phenoxy) is 1. The van der Waals surface area contributed by atoms with Gasteiger partial charge in [-0.15, -0.1) is 0 Å². The summed E-state index contributed by atoms with van der Waals surface area (Å²) in [5.74, 6) is -0.752.